The van der Waals surface area contributed by atoms with Crippen molar-refractivity contribution in [3.63, 3.8) is 0 Å². The molecule has 0 aromatic heterocycles. The number of phenolic OH excluding ortho intramolecular Hbond substituents is 1. The lowest BCUT2D eigenvalue weighted by molar-refractivity contribution is -0.131. The summed E-state index contributed by atoms with van der Waals surface area (Å²) < 4.78 is 0. The molecule has 0 amide bonds. The Morgan fingerprint density at radius 1 is 1.06 bits per heavy atom. The van der Waals surface area contributed by atoms with Gasteiger partial charge >= 0.3 is 5.97 Å². The molecule has 0 heterocycles. The lowest BCUT2D eigenvalue weighted by Gasteiger charge is -2.03. The fourth-order valence-corrected chi connectivity index (χ4v) is 1.57. The summed E-state index contributed by atoms with van der Waals surface area (Å²) in [5.41, 5.74) is 0.0842. The second-order valence-electron chi connectivity index (χ2n) is 3.35. The van der Waals surface area contributed by atoms with Crippen molar-refractivity contribution in [3.05, 3.63) is 42.0 Å². The zero-order valence-corrected chi connectivity index (χ0v) is 8.18. The standard InChI is InChI=1S/C12H8O4/c13-8-5-4-7-2-1-3-9(10(7)6-8)11(14)12(15)16/h1-6,13H,(H,15,16). The van der Waals surface area contributed by atoms with E-state index in [-0.39, 0.29) is 11.3 Å². The molecule has 0 aliphatic rings. The van der Waals surface area contributed by atoms with Crippen molar-refractivity contribution in [2.75, 3.05) is 0 Å². The van der Waals surface area contributed by atoms with E-state index in [1.807, 2.05) is 0 Å². The number of carboxylic acid groups (broad SMARTS) is 1. The molecule has 0 bridgehead atoms. The largest absolute Gasteiger partial charge is 0.508 e. The molecule has 0 aliphatic carbocycles. The van der Waals surface area contributed by atoms with Gasteiger partial charge in [-0.3, -0.25) is 4.79 Å². The normalized spacial score (nSPS) is 10.2. The number of benzene rings is 2. The van der Waals surface area contributed by atoms with Crippen LogP contribution in [0, 0.1) is 0 Å². The molecular formula is C12H8O4. The van der Waals surface area contributed by atoms with Crippen LogP contribution < -0.4 is 0 Å². The molecule has 0 fully saturated rings. The Morgan fingerprint density at radius 2 is 1.81 bits per heavy atom. The number of carbonyl (C=O) groups is 2. The first kappa shape index (κ1) is 10.2. The van der Waals surface area contributed by atoms with Crippen molar-refractivity contribution in [1.82, 2.24) is 0 Å². The second kappa shape index (κ2) is 3.66. The Hall–Kier alpha value is -2.36. The third-order valence-corrected chi connectivity index (χ3v) is 2.30. The van der Waals surface area contributed by atoms with Gasteiger partial charge in [0.15, 0.2) is 0 Å². The molecule has 2 N–H and O–H groups in total. The lowest BCUT2D eigenvalue weighted by atomic mass is 10.0. The minimum absolute atomic E-state index is 0.00172. The molecule has 0 spiro atoms. The number of ketones is 1. The molecule has 0 atom stereocenters. The summed E-state index contributed by atoms with van der Waals surface area (Å²) in [5, 5.41) is 19.1. The van der Waals surface area contributed by atoms with Crippen molar-refractivity contribution in [2.24, 2.45) is 0 Å². The summed E-state index contributed by atoms with van der Waals surface area (Å²) in [6, 6.07) is 9.27. The Labute approximate surface area is 90.8 Å². The number of hydrogen-bond acceptors (Lipinski definition) is 3. The minimum Gasteiger partial charge on any atom is -0.508 e. The van der Waals surface area contributed by atoms with Gasteiger partial charge in [0, 0.05) is 5.56 Å². The molecule has 2 aromatic carbocycles. The van der Waals surface area contributed by atoms with Gasteiger partial charge in [0.25, 0.3) is 5.78 Å². The second-order valence-corrected chi connectivity index (χ2v) is 3.35. The van der Waals surface area contributed by atoms with Gasteiger partial charge < -0.3 is 10.2 Å². The number of phenols is 1. The van der Waals surface area contributed by atoms with Crippen LogP contribution in [0.25, 0.3) is 10.8 Å². The van der Waals surface area contributed by atoms with Crippen molar-refractivity contribution < 1.29 is 19.8 Å². The molecule has 0 radical (unpaired) electrons. The van der Waals surface area contributed by atoms with E-state index in [0.29, 0.717) is 10.8 Å². The van der Waals surface area contributed by atoms with Crippen LogP contribution in [0.1, 0.15) is 10.4 Å². The number of carbonyl (C=O) groups excluding carboxylic acids is 1. The highest BCUT2D eigenvalue weighted by Gasteiger charge is 2.17. The predicted molar refractivity (Wildman–Crippen MR) is 57.6 cm³/mol. The van der Waals surface area contributed by atoms with Crippen molar-refractivity contribution in [3.8, 4) is 5.75 Å². The Balaban J connectivity index is 2.74. The maximum atomic E-state index is 11.4. The Kier molecular flexibility index (Phi) is 2.32. The SMILES string of the molecule is O=C(O)C(=O)c1cccc2ccc(O)cc12. The summed E-state index contributed by atoms with van der Waals surface area (Å²) >= 11 is 0. The molecule has 2 aromatic rings. The first-order valence-electron chi connectivity index (χ1n) is 4.59. The number of carboxylic acids is 1. The van der Waals surface area contributed by atoms with E-state index < -0.39 is 11.8 Å². The Morgan fingerprint density at radius 3 is 2.50 bits per heavy atom. The highest BCUT2D eigenvalue weighted by Crippen LogP contribution is 2.23. The molecule has 0 aliphatic heterocycles. The summed E-state index contributed by atoms with van der Waals surface area (Å²) in [6.45, 7) is 0. The summed E-state index contributed by atoms with van der Waals surface area (Å²) in [7, 11) is 0. The lowest BCUT2D eigenvalue weighted by Crippen LogP contribution is -2.12. The van der Waals surface area contributed by atoms with E-state index >= 15 is 0 Å². The summed E-state index contributed by atoms with van der Waals surface area (Å²) in [6.07, 6.45) is 0. The van der Waals surface area contributed by atoms with Crippen LogP contribution in [-0.4, -0.2) is 22.0 Å². The molecule has 16 heavy (non-hydrogen) atoms. The first-order chi connectivity index (χ1) is 7.59. The summed E-state index contributed by atoms with van der Waals surface area (Å²) in [5.74, 6) is -2.48. The average molecular weight is 216 g/mol. The molecule has 4 nitrogen and oxygen atoms in total. The predicted octanol–water partition coefficient (Wildman–Crippen LogP) is 1.81. The van der Waals surface area contributed by atoms with Crippen LogP contribution in [0.15, 0.2) is 36.4 Å². The van der Waals surface area contributed by atoms with Crippen LogP contribution in [0.4, 0.5) is 0 Å². The maximum Gasteiger partial charge on any atom is 0.377 e. The number of Topliss-reactive ketones (excluding diaryl/α,β-unsaturated/α-hetero) is 1. The van der Waals surface area contributed by atoms with E-state index in [9.17, 15) is 14.7 Å². The molecular weight excluding hydrogens is 208 g/mol. The Bertz CT molecular complexity index is 587. The van der Waals surface area contributed by atoms with E-state index in [1.165, 1.54) is 18.2 Å². The third-order valence-electron chi connectivity index (χ3n) is 2.30. The highest BCUT2D eigenvalue weighted by atomic mass is 16.4. The van der Waals surface area contributed by atoms with Gasteiger partial charge in [-0.15, -0.1) is 0 Å². The van der Waals surface area contributed by atoms with Crippen molar-refractivity contribution in [2.45, 2.75) is 0 Å². The van der Waals surface area contributed by atoms with Gasteiger partial charge in [-0.1, -0.05) is 24.3 Å². The topological polar surface area (TPSA) is 74.6 Å². The fraction of sp³-hybridized carbons (Fsp3) is 0. The van der Waals surface area contributed by atoms with E-state index in [2.05, 4.69) is 0 Å². The number of fused-ring (bicyclic) bond motifs is 1. The van der Waals surface area contributed by atoms with Crippen LogP contribution >= 0.6 is 0 Å². The van der Waals surface area contributed by atoms with Crippen molar-refractivity contribution in [1.29, 1.82) is 0 Å². The molecule has 0 saturated carbocycles. The van der Waals surface area contributed by atoms with Gasteiger partial charge in [0.1, 0.15) is 5.75 Å². The van der Waals surface area contributed by atoms with Gasteiger partial charge in [-0.05, 0) is 22.9 Å². The summed E-state index contributed by atoms with van der Waals surface area (Å²) in [4.78, 5) is 22.0. The minimum atomic E-state index is -1.50. The van der Waals surface area contributed by atoms with Crippen molar-refractivity contribution >= 4 is 22.5 Å². The van der Waals surface area contributed by atoms with Crippen LogP contribution in [0.2, 0.25) is 0 Å². The molecule has 4 heteroatoms. The zero-order valence-electron chi connectivity index (χ0n) is 8.18. The number of rotatable bonds is 2. The smallest absolute Gasteiger partial charge is 0.377 e. The molecule has 2 rings (SSSR count). The van der Waals surface area contributed by atoms with E-state index in [1.54, 1.807) is 18.2 Å². The number of aliphatic carboxylic acids is 1. The zero-order chi connectivity index (χ0) is 11.7. The number of aromatic hydroxyl groups is 1. The van der Waals surface area contributed by atoms with Crippen LogP contribution in [0.3, 0.4) is 0 Å². The fourth-order valence-electron chi connectivity index (χ4n) is 1.57. The molecule has 80 valence electrons. The first-order valence-corrected chi connectivity index (χ1v) is 4.59. The van der Waals surface area contributed by atoms with Gasteiger partial charge in [-0.2, -0.15) is 0 Å². The third kappa shape index (κ3) is 1.61. The highest BCUT2D eigenvalue weighted by molar-refractivity contribution is 6.42. The number of hydrogen-bond donors (Lipinski definition) is 2. The average Bonchev–Trinajstić information content (AvgIpc) is 2.27. The molecule has 0 saturated heterocycles. The van der Waals surface area contributed by atoms with E-state index in [4.69, 9.17) is 5.11 Å². The quantitative estimate of drug-likeness (QED) is 0.593. The van der Waals surface area contributed by atoms with Crippen LogP contribution in [0.5, 0.6) is 5.75 Å². The maximum absolute atomic E-state index is 11.4. The van der Waals surface area contributed by atoms with Gasteiger partial charge in [-0.25, -0.2) is 4.79 Å². The van der Waals surface area contributed by atoms with Gasteiger partial charge in [0.2, 0.25) is 0 Å². The van der Waals surface area contributed by atoms with E-state index in [0.717, 1.165) is 0 Å². The van der Waals surface area contributed by atoms with Gasteiger partial charge in [0.05, 0.1) is 0 Å². The molecule has 0 unspecified atom stereocenters. The monoisotopic (exact) mass is 216 g/mol. The van der Waals surface area contributed by atoms with Crippen LogP contribution in [-0.2, 0) is 4.79 Å².